The molecular formula is C16H17BrClNOS. The van der Waals surface area contributed by atoms with Gasteiger partial charge in [0.2, 0.25) is 0 Å². The number of halogens is 2. The van der Waals surface area contributed by atoms with Crippen molar-refractivity contribution in [3.05, 3.63) is 57.5 Å². The van der Waals surface area contributed by atoms with Crippen LogP contribution in [0.15, 0.2) is 51.8 Å². The summed E-state index contributed by atoms with van der Waals surface area (Å²) in [6.07, 6.45) is 0. The maximum Gasteiger partial charge on any atom is 0.150 e. The molecular weight excluding hydrogens is 370 g/mol. The quantitative estimate of drug-likeness (QED) is 0.737. The fourth-order valence-corrected chi connectivity index (χ4v) is 3.60. The monoisotopic (exact) mass is 385 g/mol. The molecule has 1 N–H and O–H groups in total. The maximum atomic E-state index is 12.4. The summed E-state index contributed by atoms with van der Waals surface area (Å²) in [4.78, 5) is 0.741. The molecule has 1 unspecified atom stereocenters. The largest absolute Gasteiger partial charge is 0.300 e. The topological polar surface area (TPSA) is 29.1 Å². The molecule has 112 valence electrons. The molecule has 0 radical (unpaired) electrons. The van der Waals surface area contributed by atoms with Crippen molar-refractivity contribution in [3.8, 4) is 0 Å². The van der Waals surface area contributed by atoms with Crippen molar-refractivity contribution in [1.29, 1.82) is 0 Å². The molecule has 0 fully saturated rings. The molecule has 0 heterocycles. The van der Waals surface area contributed by atoms with Crippen molar-refractivity contribution < 1.29 is 4.21 Å². The summed E-state index contributed by atoms with van der Waals surface area (Å²) in [5.74, 6) is 0. The van der Waals surface area contributed by atoms with E-state index in [0.29, 0.717) is 5.02 Å². The number of anilines is 1. The molecule has 0 spiro atoms. The number of rotatable bonds is 3. The highest BCUT2D eigenvalue weighted by molar-refractivity contribution is 9.10. The van der Waals surface area contributed by atoms with Crippen LogP contribution in [0.2, 0.25) is 5.02 Å². The van der Waals surface area contributed by atoms with Crippen molar-refractivity contribution in [3.63, 3.8) is 0 Å². The molecule has 2 nitrogen and oxygen atoms in total. The van der Waals surface area contributed by atoms with Crippen LogP contribution in [-0.4, -0.2) is 4.21 Å². The molecule has 5 heteroatoms. The van der Waals surface area contributed by atoms with Crippen LogP contribution < -0.4 is 4.72 Å². The molecule has 0 aliphatic carbocycles. The molecule has 2 aromatic carbocycles. The molecule has 0 aromatic heterocycles. The summed E-state index contributed by atoms with van der Waals surface area (Å²) in [7, 11) is -1.31. The fourth-order valence-electron chi connectivity index (χ4n) is 1.81. The van der Waals surface area contributed by atoms with Gasteiger partial charge in [0, 0.05) is 9.50 Å². The highest BCUT2D eigenvalue weighted by atomic mass is 79.9. The lowest BCUT2D eigenvalue weighted by atomic mass is 9.87. The normalized spacial score (nSPS) is 13.0. The van der Waals surface area contributed by atoms with Crippen LogP contribution in [-0.2, 0) is 16.4 Å². The van der Waals surface area contributed by atoms with Crippen LogP contribution >= 0.6 is 27.5 Å². The smallest absolute Gasteiger partial charge is 0.150 e. The van der Waals surface area contributed by atoms with Gasteiger partial charge in [-0.2, -0.15) is 0 Å². The summed E-state index contributed by atoms with van der Waals surface area (Å²) in [6.45, 7) is 6.46. The lowest BCUT2D eigenvalue weighted by Gasteiger charge is -2.19. The van der Waals surface area contributed by atoms with E-state index in [1.165, 1.54) is 5.56 Å². The van der Waals surface area contributed by atoms with Crippen LogP contribution in [0, 0.1) is 0 Å². The van der Waals surface area contributed by atoms with Crippen molar-refractivity contribution in [2.75, 3.05) is 4.72 Å². The van der Waals surface area contributed by atoms with Crippen molar-refractivity contribution in [2.24, 2.45) is 0 Å². The van der Waals surface area contributed by atoms with Gasteiger partial charge >= 0.3 is 0 Å². The Morgan fingerprint density at radius 1 is 1.10 bits per heavy atom. The van der Waals surface area contributed by atoms with Crippen molar-refractivity contribution in [2.45, 2.75) is 31.1 Å². The van der Waals surface area contributed by atoms with Crippen LogP contribution in [0.1, 0.15) is 26.3 Å². The van der Waals surface area contributed by atoms with E-state index in [0.717, 1.165) is 15.1 Å². The van der Waals surface area contributed by atoms with Gasteiger partial charge in [0.1, 0.15) is 11.0 Å². The van der Waals surface area contributed by atoms with Gasteiger partial charge in [-0.25, -0.2) is 4.21 Å². The van der Waals surface area contributed by atoms with E-state index >= 15 is 0 Å². The predicted octanol–water partition coefficient (Wildman–Crippen LogP) is 5.53. The Morgan fingerprint density at radius 3 is 2.24 bits per heavy atom. The number of hydrogen-bond donors (Lipinski definition) is 1. The molecule has 0 bridgehead atoms. The standard InChI is InChI=1S/C16H17BrClNOS/c1-16(2,3)11-4-7-13(8-5-11)21(20)19-15-9-6-12(18)10-14(15)17/h4-10,19H,1-3H3. The summed E-state index contributed by atoms with van der Waals surface area (Å²) >= 11 is 9.30. The third kappa shape index (κ3) is 4.31. The van der Waals surface area contributed by atoms with E-state index in [2.05, 4.69) is 41.4 Å². The average Bonchev–Trinajstić information content (AvgIpc) is 2.41. The zero-order chi connectivity index (χ0) is 15.6. The third-order valence-electron chi connectivity index (χ3n) is 3.07. The fraction of sp³-hybridized carbons (Fsp3) is 0.250. The third-order valence-corrected chi connectivity index (χ3v) is 5.07. The van der Waals surface area contributed by atoms with E-state index in [4.69, 9.17) is 11.6 Å². The Labute approximate surface area is 141 Å². The van der Waals surface area contributed by atoms with Crippen LogP contribution in [0.4, 0.5) is 5.69 Å². The molecule has 0 aliphatic heterocycles. The van der Waals surface area contributed by atoms with Crippen LogP contribution in [0.5, 0.6) is 0 Å². The van der Waals surface area contributed by atoms with Gasteiger partial charge in [-0.3, -0.25) is 0 Å². The van der Waals surface area contributed by atoms with Crippen molar-refractivity contribution in [1.82, 2.24) is 0 Å². The van der Waals surface area contributed by atoms with E-state index in [1.807, 2.05) is 24.3 Å². The van der Waals surface area contributed by atoms with Gasteiger partial charge in [-0.15, -0.1) is 0 Å². The zero-order valence-electron chi connectivity index (χ0n) is 12.1. The molecule has 21 heavy (non-hydrogen) atoms. The number of benzene rings is 2. The second-order valence-corrected chi connectivity index (χ2v) is 8.27. The van der Waals surface area contributed by atoms with Crippen LogP contribution in [0.25, 0.3) is 0 Å². The van der Waals surface area contributed by atoms with E-state index in [9.17, 15) is 4.21 Å². The Bertz CT molecular complexity index is 665. The Hall–Kier alpha value is -0.840. The minimum absolute atomic E-state index is 0.0899. The Kier molecular flexibility index (Phi) is 5.12. The van der Waals surface area contributed by atoms with Gasteiger partial charge in [0.25, 0.3) is 0 Å². The first-order valence-electron chi connectivity index (χ1n) is 6.51. The summed E-state index contributed by atoms with van der Waals surface area (Å²) < 4.78 is 16.1. The van der Waals surface area contributed by atoms with E-state index in [-0.39, 0.29) is 5.41 Å². The molecule has 0 saturated carbocycles. The minimum Gasteiger partial charge on any atom is -0.300 e. The maximum absolute atomic E-state index is 12.4. The molecule has 2 rings (SSSR count). The van der Waals surface area contributed by atoms with Gasteiger partial charge in [0.05, 0.1) is 10.6 Å². The molecule has 1 atom stereocenters. The summed E-state index contributed by atoms with van der Waals surface area (Å²) in [5, 5.41) is 0.632. The molecule has 0 saturated heterocycles. The molecule has 2 aromatic rings. The number of nitrogens with one attached hydrogen (secondary N) is 1. The first-order chi connectivity index (χ1) is 9.77. The first kappa shape index (κ1) is 16.5. The van der Waals surface area contributed by atoms with Crippen LogP contribution in [0.3, 0.4) is 0 Å². The van der Waals surface area contributed by atoms with Gasteiger partial charge in [-0.1, -0.05) is 44.5 Å². The van der Waals surface area contributed by atoms with E-state index < -0.39 is 11.0 Å². The highest BCUT2D eigenvalue weighted by Gasteiger charge is 2.14. The SMILES string of the molecule is CC(C)(C)c1ccc(S(=O)Nc2ccc(Cl)cc2Br)cc1. The average molecular weight is 387 g/mol. The minimum atomic E-state index is -1.31. The van der Waals surface area contributed by atoms with Crippen molar-refractivity contribution >= 4 is 44.2 Å². The zero-order valence-corrected chi connectivity index (χ0v) is 15.3. The summed E-state index contributed by atoms with van der Waals surface area (Å²) in [6, 6.07) is 13.2. The predicted molar refractivity (Wildman–Crippen MR) is 94.3 cm³/mol. The lowest BCUT2D eigenvalue weighted by Crippen LogP contribution is -2.11. The Balaban J connectivity index is 2.17. The summed E-state index contributed by atoms with van der Waals surface area (Å²) in [5.41, 5.74) is 2.06. The molecule has 0 aliphatic rings. The second-order valence-electron chi connectivity index (χ2n) is 5.77. The first-order valence-corrected chi connectivity index (χ1v) is 8.83. The lowest BCUT2D eigenvalue weighted by molar-refractivity contribution is 0.589. The molecule has 0 amide bonds. The van der Waals surface area contributed by atoms with Gasteiger partial charge in [0.15, 0.2) is 0 Å². The number of hydrogen-bond acceptors (Lipinski definition) is 1. The Morgan fingerprint density at radius 2 is 1.71 bits per heavy atom. The highest BCUT2D eigenvalue weighted by Crippen LogP contribution is 2.28. The van der Waals surface area contributed by atoms with E-state index in [1.54, 1.807) is 18.2 Å². The van der Waals surface area contributed by atoms with Gasteiger partial charge in [-0.05, 0) is 57.2 Å². The second kappa shape index (κ2) is 6.51. The van der Waals surface area contributed by atoms with Gasteiger partial charge < -0.3 is 4.72 Å².